The number of hydrogen-bond donors (Lipinski definition) is 1. The number of phenols is 1. The van der Waals surface area contributed by atoms with Gasteiger partial charge in [0.2, 0.25) is 0 Å². The Hall–Kier alpha value is -3.19. The lowest BCUT2D eigenvalue weighted by Crippen LogP contribution is -2.36. The van der Waals surface area contributed by atoms with Crippen LogP contribution in [-0.2, 0) is 9.47 Å². The predicted molar refractivity (Wildman–Crippen MR) is 104 cm³/mol. The number of fused-ring (bicyclic) bond motifs is 1. The summed E-state index contributed by atoms with van der Waals surface area (Å²) in [6.45, 7) is 2.54. The van der Waals surface area contributed by atoms with Gasteiger partial charge in [0, 0.05) is 24.2 Å². The van der Waals surface area contributed by atoms with Crippen LogP contribution in [0.25, 0.3) is 11.8 Å². The second-order valence-electron chi connectivity index (χ2n) is 6.47. The van der Waals surface area contributed by atoms with Crippen LogP contribution in [-0.4, -0.2) is 51.6 Å². The molecule has 2 aromatic carbocycles. The molecule has 0 aromatic heterocycles. The number of ether oxygens (including phenoxy) is 4. The van der Waals surface area contributed by atoms with E-state index in [1.54, 1.807) is 30.3 Å². The maximum Gasteiger partial charge on any atom is 0.344 e. The molecule has 0 radical (unpaired) electrons. The van der Waals surface area contributed by atoms with Crippen LogP contribution in [0.1, 0.15) is 21.5 Å². The van der Waals surface area contributed by atoms with E-state index < -0.39 is 5.97 Å². The summed E-state index contributed by atoms with van der Waals surface area (Å²) in [5.41, 5.74) is 2.49. The number of anilines is 1. The van der Waals surface area contributed by atoms with Crippen molar-refractivity contribution in [2.45, 2.75) is 0 Å². The molecule has 2 aliphatic heterocycles. The Kier molecular flexibility index (Phi) is 4.83. The Morgan fingerprint density at radius 2 is 1.75 bits per heavy atom. The first-order valence-corrected chi connectivity index (χ1v) is 8.97. The van der Waals surface area contributed by atoms with Gasteiger partial charge in [0.15, 0.2) is 11.5 Å². The molecule has 1 saturated heterocycles. The number of para-hydroxylation sites is 1. The van der Waals surface area contributed by atoms with Crippen LogP contribution < -0.4 is 14.4 Å². The van der Waals surface area contributed by atoms with E-state index in [0.717, 1.165) is 5.56 Å². The van der Waals surface area contributed by atoms with Gasteiger partial charge in [0.25, 0.3) is 0 Å². The second kappa shape index (κ2) is 7.44. The van der Waals surface area contributed by atoms with Crippen LogP contribution >= 0.6 is 0 Å². The van der Waals surface area contributed by atoms with Crippen LogP contribution in [0.2, 0.25) is 0 Å². The molecular formula is C21H21NO6. The van der Waals surface area contributed by atoms with Gasteiger partial charge in [-0.2, -0.15) is 0 Å². The number of benzene rings is 2. The molecule has 7 heteroatoms. The average Bonchev–Trinajstić information content (AvgIpc) is 3.02. The van der Waals surface area contributed by atoms with E-state index in [1.807, 2.05) is 6.07 Å². The van der Waals surface area contributed by atoms with Crippen molar-refractivity contribution in [3.05, 3.63) is 47.0 Å². The van der Waals surface area contributed by atoms with E-state index >= 15 is 0 Å². The smallest absolute Gasteiger partial charge is 0.344 e. The van der Waals surface area contributed by atoms with Crippen LogP contribution in [0, 0.1) is 0 Å². The number of nitrogens with zero attached hydrogens (tertiary/aromatic N) is 1. The Bertz CT molecular complexity index is 946. The number of carbonyl (C=O) groups is 1. The molecule has 0 spiro atoms. The van der Waals surface area contributed by atoms with Crippen LogP contribution in [0.4, 0.5) is 5.69 Å². The normalized spacial score (nSPS) is 17.4. The number of aromatic hydroxyl groups is 1. The molecule has 146 valence electrons. The lowest BCUT2D eigenvalue weighted by atomic mass is 10.0. The minimum atomic E-state index is -0.449. The molecule has 0 saturated carbocycles. The van der Waals surface area contributed by atoms with E-state index in [1.165, 1.54) is 14.2 Å². The van der Waals surface area contributed by atoms with Crippen molar-refractivity contribution < 1.29 is 28.8 Å². The number of methoxy groups -OCH3 is 2. The van der Waals surface area contributed by atoms with E-state index in [0.29, 0.717) is 60.4 Å². The number of carbonyl (C=O) groups excluding carboxylic acids is 1. The van der Waals surface area contributed by atoms with Crippen molar-refractivity contribution in [3.63, 3.8) is 0 Å². The van der Waals surface area contributed by atoms with Gasteiger partial charge in [-0.25, -0.2) is 4.79 Å². The monoisotopic (exact) mass is 383 g/mol. The molecule has 4 rings (SSSR count). The third-order valence-electron chi connectivity index (χ3n) is 4.87. The van der Waals surface area contributed by atoms with Crippen molar-refractivity contribution in [3.8, 4) is 17.2 Å². The Morgan fingerprint density at radius 3 is 2.43 bits per heavy atom. The third-order valence-corrected chi connectivity index (χ3v) is 4.87. The first-order valence-electron chi connectivity index (χ1n) is 8.97. The van der Waals surface area contributed by atoms with Gasteiger partial charge in [0.1, 0.15) is 11.5 Å². The van der Waals surface area contributed by atoms with Gasteiger partial charge in [-0.3, -0.25) is 0 Å². The SMILES string of the molecule is COc1cc2c(cc1OC)/C(=C/c1cccc(O)c1N1CCOCC1)OC2=O. The maximum atomic E-state index is 12.4. The fourth-order valence-electron chi connectivity index (χ4n) is 3.51. The van der Waals surface area contributed by atoms with Gasteiger partial charge in [0.05, 0.1) is 38.7 Å². The summed E-state index contributed by atoms with van der Waals surface area (Å²) in [5, 5.41) is 10.5. The standard InChI is InChI=1S/C21H21NO6/c1-25-18-11-14-15(12-19(18)26-2)21(24)28-17(14)10-13-4-3-5-16(23)20(13)22-6-8-27-9-7-22/h3-5,10-12,23H,6-9H2,1-2H3/b17-10-. The van der Waals surface area contributed by atoms with Crippen LogP contribution in [0.15, 0.2) is 30.3 Å². The lowest BCUT2D eigenvalue weighted by molar-refractivity contribution is 0.0717. The van der Waals surface area contributed by atoms with E-state index in [2.05, 4.69) is 4.90 Å². The number of esters is 1. The zero-order valence-corrected chi connectivity index (χ0v) is 15.7. The number of rotatable bonds is 4. The molecule has 2 aromatic rings. The highest BCUT2D eigenvalue weighted by Crippen LogP contribution is 2.41. The number of cyclic esters (lactones) is 1. The third kappa shape index (κ3) is 3.14. The van der Waals surface area contributed by atoms with E-state index in [9.17, 15) is 9.90 Å². The summed E-state index contributed by atoms with van der Waals surface area (Å²) in [6, 6.07) is 8.63. The minimum absolute atomic E-state index is 0.174. The first kappa shape index (κ1) is 18.2. The summed E-state index contributed by atoms with van der Waals surface area (Å²) in [5.74, 6) is 1.10. The van der Waals surface area contributed by atoms with Gasteiger partial charge in [-0.15, -0.1) is 0 Å². The highest BCUT2D eigenvalue weighted by Gasteiger charge is 2.29. The van der Waals surface area contributed by atoms with Gasteiger partial charge >= 0.3 is 5.97 Å². The van der Waals surface area contributed by atoms with Crippen molar-refractivity contribution in [2.24, 2.45) is 0 Å². The molecule has 2 heterocycles. The Balaban J connectivity index is 1.80. The van der Waals surface area contributed by atoms with Gasteiger partial charge in [-0.05, 0) is 24.3 Å². The van der Waals surface area contributed by atoms with Gasteiger partial charge in [-0.1, -0.05) is 12.1 Å². The largest absolute Gasteiger partial charge is 0.506 e. The van der Waals surface area contributed by atoms with E-state index in [-0.39, 0.29) is 5.75 Å². The summed E-state index contributed by atoms with van der Waals surface area (Å²) in [4.78, 5) is 14.4. The van der Waals surface area contributed by atoms with Crippen molar-refractivity contribution >= 4 is 23.5 Å². The first-order chi connectivity index (χ1) is 13.6. The number of morpholine rings is 1. The fraction of sp³-hybridized carbons (Fsp3) is 0.286. The second-order valence-corrected chi connectivity index (χ2v) is 6.47. The highest BCUT2D eigenvalue weighted by molar-refractivity contribution is 6.07. The molecule has 1 N–H and O–H groups in total. The molecule has 0 atom stereocenters. The molecular weight excluding hydrogens is 362 g/mol. The molecule has 28 heavy (non-hydrogen) atoms. The van der Waals surface area contributed by atoms with Crippen LogP contribution in [0.5, 0.6) is 17.2 Å². The highest BCUT2D eigenvalue weighted by atomic mass is 16.5. The summed E-state index contributed by atoms with van der Waals surface area (Å²) in [7, 11) is 3.06. The lowest BCUT2D eigenvalue weighted by Gasteiger charge is -2.30. The molecule has 0 unspecified atom stereocenters. The molecule has 0 amide bonds. The summed E-state index contributed by atoms with van der Waals surface area (Å²) >= 11 is 0. The number of phenolic OH excluding ortho intramolecular Hbond substituents is 1. The average molecular weight is 383 g/mol. The Labute approximate surface area is 162 Å². The molecule has 0 bridgehead atoms. The number of hydrogen-bond acceptors (Lipinski definition) is 7. The quantitative estimate of drug-likeness (QED) is 0.814. The maximum absolute atomic E-state index is 12.4. The van der Waals surface area contributed by atoms with Crippen LogP contribution in [0.3, 0.4) is 0 Å². The minimum Gasteiger partial charge on any atom is -0.506 e. The zero-order valence-electron chi connectivity index (χ0n) is 15.7. The molecule has 1 fully saturated rings. The Morgan fingerprint density at radius 1 is 1.07 bits per heavy atom. The fourth-order valence-corrected chi connectivity index (χ4v) is 3.51. The zero-order chi connectivity index (χ0) is 19.7. The predicted octanol–water partition coefficient (Wildman–Crippen LogP) is 2.91. The summed E-state index contributed by atoms with van der Waals surface area (Å²) in [6.07, 6.45) is 1.76. The topological polar surface area (TPSA) is 77.5 Å². The van der Waals surface area contributed by atoms with Crippen molar-refractivity contribution in [1.82, 2.24) is 0 Å². The van der Waals surface area contributed by atoms with Crippen molar-refractivity contribution in [2.75, 3.05) is 45.4 Å². The molecule has 0 aliphatic carbocycles. The van der Waals surface area contributed by atoms with E-state index in [4.69, 9.17) is 18.9 Å². The van der Waals surface area contributed by atoms with Crippen molar-refractivity contribution in [1.29, 1.82) is 0 Å². The molecule has 7 nitrogen and oxygen atoms in total. The summed E-state index contributed by atoms with van der Waals surface area (Å²) < 4.78 is 21.5. The van der Waals surface area contributed by atoms with Gasteiger partial charge < -0.3 is 29.0 Å². The molecule has 2 aliphatic rings.